The van der Waals surface area contributed by atoms with Gasteiger partial charge in [0.05, 0.1) is 19.8 Å². The van der Waals surface area contributed by atoms with Crippen molar-refractivity contribution in [3.63, 3.8) is 0 Å². The lowest BCUT2D eigenvalue weighted by Crippen LogP contribution is -1.94. The van der Waals surface area contributed by atoms with Crippen molar-refractivity contribution in [2.24, 2.45) is 5.73 Å². The van der Waals surface area contributed by atoms with Gasteiger partial charge in [0.1, 0.15) is 5.01 Å². The van der Waals surface area contributed by atoms with E-state index in [1.54, 1.807) is 14.2 Å². The maximum Gasteiger partial charge on any atom is 0.171 e. The molecule has 0 amide bonds. The molecule has 2 N–H and O–H groups in total. The fourth-order valence-corrected chi connectivity index (χ4v) is 2.24. The number of para-hydroxylation sites is 1. The molecule has 2 rings (SSSR count). The Kier molecular flexibility index (Phi) is 3.55. The van der Waals surface area contributed by atoms with Crippen molar-refractivity contribution < 1.29 is 9.47 Å². The molecule has 17 heavy (non-hydrogen) atoms. The summed E-state index contributed by atoms with van der Waals surface area (Å²) in [6.45, 7) is 0.393. The van der Waals surface area contributed by atoms with Crippen LogP contribution in [-0.4, -0.2) is 24.4 Å². The Bertz CT molecular complexity index is 513. The van der Waals surface area contributed by atoms with E-state index in [1.807, 2.05) is 18.2 Å². The minimum absolute atomic E-state index is 0.393. The van der Waals surface area contributed by atoms with E-state index in [9.17, 15) is 0 Å². The molecule has 0 bridgehead atoms. The topological polar surface area (TPSA) is 70.3 Å². The van der Waals surface area contributed by atoms with Gasteiger partial charge in [0.25, 0.3) is 0 Å². The molecule has 0 spiro atoms. The molecule has 0 unspecified atom stereocenters. The summed E-state index contributed by atoms with van der Waals surface area (Å²) in [6.07, 6.45) is 0. The van der Waals surface area contributed by atoms with Crippen molar-refractivity contribution in [2.75, 3.05) is 14.2 Å². The Morgan fingerprint density at radius 1 is 1.24 bits per heavy atom. The van der Waals surface area contributed by atoms with Crippen molar-refractivity contribution in [1.29, 1.82) is 0 Å². The predicted molar refractivity (Wildman–Crippen MR) is 66.3 cm³/mol. The monoisotopic (exact) mass is 251 g/mol. The van der Waals surface area contributed by atoms with E-state index in [1.165, 1.54) is 11.3 Å². The Morgan fingerprint density at radius 2 is 2.06 bits per heavy atom. The second-order valence-corrected chi connectivity index (χ2v) is 4.31. The van der Waals surface area contributed by atoms with Gasteiger partial charge in [-0.1, -0.05) is 17.4 Å². The lowest BCUT2D eigenvalue weighted by atomic mass is 10.2. The average Bonchev–Trinajstić information content (AvgIpc) is 2.86. The number of benzene rings is 1. The van der Waals surface area contributed by atoms with Crippen LogP contribution in [-0.2, 0) is 6.54 Å². The van der Waals surface area contributed by atoms with Gasteiger partial charge in [-0.3, -0.25) is 0 Å². The lowest BCUT2D eigenvalue weighted by Gasteiger charge is -2.10. The third-order valence-corrected chi connectivity index (χ3v) is 3.25. The predicted octanol–water partition coefficient (Wildman–Crippen LogP) is 1.68. The van der Waals surface area contributed by atoms with Crippen molar-refractivity contribution in [3.05, 3.63) is 23.2 Å². The van der Waals surface area contributed by atoms with Crippen LogP contribution in [0.5, 0.6) is 11.5 Å². The largest absolute Gasteiger partial charge is 0.493 e. The number of rotatable bonds is 4. The first-order valence-electron chi connectivity index (χ1n) is 5.04. The van der Waals surface area contributed by atoms with Crippen LogP contribution in [0.1, 0.15) is 5.01 Å². The van der Waals surface area contributed by atoms with Crippen LogP contribution in [0.3, 0.4) is 0 Å². The first-order chi connectivity index (χ1) is 8.30. The average molecular weight is 251 g/mol. The summed E-state index contributed by atoms with van der Waals surface area (Å²) in [5.74, 6) is 1.34. The van der Waals surface area contributed by atoms with Crippen molar-refractivity contribution in [3.8, 4) is 22.1 Å². The summed E-state index contributed by atoms with van der Waals surface area (Å²) in [5.41, 5.74) is 6.38. The van der Waals surface area contributed by atoms with Gasteiger partial charge >= 0.3 is 0 Å². The molecule has 1 aromatic carbocycles. The molecule has 0 radical (unpaired) electrons. The van der Waals surface area contributed by atoms with E-state index in [-0.39, 0.29) is 0 Å². The normalized spacial score (nSPS) is 10.3. The van der Waals surface area contributed by atoms with Crippen molar-refractivity contribution in [2.45, 2.75) is 6.54 Å². The fourth-order valence-electron chi connectivity index (χ4n) is 1.50. The molecule has 90 valence electrons. The molecular weight excluding hydrogens is 238 g/mol. The number of hydrogen-bond acceptors (Lipinski definition) is 6. The molecular formula is C11H13N3O2S. The number of nitrogens with zero attached hydrogens (tertiary/aromatic N) is 2. The Morgan fingerprint density at radius 3 is 2.65 bits per heavy atom. The second-order valence-electron chi connectivity index (χ2n) is 3.25. The van der Waals surface area contributed by atoms with Gasteiger partial charge in [0, 0.05) is 6.54 Å². The highest BCUT2D eigenvalue weighted by Crippen LogP contribution is 2.38. The number of ether oxygens (including phenoxy) is 2. The number of hydrogen-bond donors (Lipinski definition) is 1. The fraction of sp³-hybridized carbons (Fsp3) is 0.273. The quantitative estimate of drug-likeness (QED) is 0.895. The van der Waals surface area contributed by atoms with Crippen molar-refractivity contribution in [1.82, 2.24) is 10.2 Å². The lowest BCUT2D eigenvalue weighted by molar-refractivity contribution is 0.356. The first-order valence-corrected chi connectivity index (χ1v) is 5.85. The highest BCUT2D eigenvalue weighted by molar-refractivity contribution is 7.14. The molecule has 0 fully saturated rings. The molecule has 1 heterocycles. The molecule has 0 aliphatic heterocycles. The summed E-state index contributed by atoms with van der Waals surface area (Å²) in [6, 6.07) is 5.65. The van der Waals surface area contributed by atoms with E-state index in [4.69, 9.17) is 15.2 Å². The first kappa shape index (κ1) is 11.8. The second kappa shape index (κ2) is 5.11. The molecule has 0 aliphatic carbocycles. The highest BCUT2D eigenvalue weighted by atomic mass is 32.1. The Balaban J connectivity index is 2.50. The summed E-state index contributed by atoms with van der Waals surface area (Å²) in [7, 11) is 3.21. The molecule has 0 atom stereocenters. The van der Waals surface area contributed by atoms with E-state index in [0.29, 0.717) is 18.0 Å². The summed E-state index contributed by atoms with van der Waals surface area (Å²) in [5, 5.41) is 9.66. The van der Waals surface area contributed by atoms with Crippen molar-refractivity contribution >= 4 is 11.3 Å². The third kappa shape index (κ3) is 2.22. The number of nitrogens with two attached hydrogens (primary N) is 1. The van der Waals surface area contributed by atoms with Crippen LogP contribution in [0.15, 0.2) is 18.2 Å². The molecule has 0 saturated carbocycles. The van der Waals surface area contributed by atoms with Crippen LogP contribution in [0.2, 0.25) is 0 Å². The number of aromatic nitrogens is 2. The van der Waals surface area contributed by atoms with E-state index < -0.39 is 0 Å². The summed E-state index contributed by atoms with van der Waals surface area (Å²) in [4.78, 5) is 0. The van der Waals surface area contributed by atoms with Crippen LogP contribution >= 0.6 is 11.3 Å². The van der Waals surface area contributed by atoms with Gasteiger partial charge in [0.15, 0.2) is 16.5 Å². The van der Waals surface area contributed by atoms with E-state index in [0.717, 1.165) is 15.6 Å². The van der Waals surface area contributed by atoms with Crippen LogP contribution in [0.25, 0.3) is 10.6 Å². The van der Waals surface area contributed by atoms with E-state index in [2.05, 4.69) is 10.2 Å². The van der Waals surface area contributed by atoms with E-state index >= 15 is 0 Å². The molecule has 0 aliphatic rings. The zero-order valence-electron chi connectivity index (χ0n) is 9.64. The standard InChI is InChI=1S/C11H13N3O2S/c1-15-8-5-3-4-7(10(8)16-2)11-14-13-9(6-12)17-11/h3-5H,6,12H2,1-2H3. The highest BCUT2D eigenvalue weighted by Gasteiger charge is 2.14. The summed E-state index contributed by atoms with van der Waals surface area (Å²) >= 11 is 1.45. The molecule has 2 aromatic rings. The zero-order chi connectivity index (χ0) is 12.3. The third-order valence-electron chi connectivity index (χ3n) is 2.27. The molecule has 0 saturated heterocycles. The van der Waals surface area contributed by atoms with Gasteiger partial charge < -0.3 is 15.2 Å². The minimum atomic E-state index is 0.393. The number of methoxy groups -OCH3 is 2. The Labute approximate surface area is 103 Å². The SMILES string of the molecule is COc1cccc(-c2nnc(CN)s2)c1OC. The molecule has 1 aromatic heterocycles. The Hall–Kier alpha value is -1.66. The van der Waals surface area contributed by atoms with Crippen LogP contribution in [0.4, 0.5) is 0 Å². The molecule has 5 nitrogen and oxygen atoms in total. The van der Waals surface area contributed by atoms with Gasteiger partial charge in [-0.25, -0.2) is 0 Å². The van der Waals surface area contributed by atoms with Gasteiger partial charge in [0.2, 0.25) is 0 Å². The van der Waals surface area contributed by atoms with Gasteiger partial charge in [-0.05, 0) is 12.1 Å². The van der Waals surface area contributed by atoms with Gasteiger partial charge in [-0.15, -0.1) is 10.2 Å². The van der Waals surface area contributed by atoms with Gasteiger partial charge in [-0.2, -0.15) is 0 Å². The smallest absolute Gasteiger partial charge is 0.171 e. The maximum atomic E-state index is 5.52. The zero-order valence-corrected chi connectivity index (χ0v) is 10.5. The van der Waals surface area contributed by atoms with Crippen LogP contribution in [0, 0.1) is 0 Å². The summed E-state index contributed by atoms with van der Waals surface area (Å²) < 4.78 is 10.6. The molecule has 6 heteroatoms. The minimum Gasteiger partial charge on any atom is -0.493 e. The maximum absolute atomic E-state index is 5.52. The van der Waals surface area contributed by atoms with Crippen LogP contribution < -0.4 is 15.2 Å².